The average Bonchev–Trinajstić information content (AvgIpc) is 3.24. The number of piperazine rings is 1. The van der Waals surface area contributed by atoms with Crippen molar-refractivity contribution in [1.82, 2.24) is 14.9 Å². The lowest BCUT2D eigenvalue weighted by molar-refractivity contribution is -0.438. The highest BCUT2D eigenvalue weighted by atomic mass is 32.2. The van der Waals surface area contributed by atoms with E-state index in [-0.39, 0.29) is 41.0 Å². The van der Waals surface area contributed by atoms with Gasteiger partial charge in [0, 0.05) is 42.8 Å². The highest BCUT2D eigenvalue weighted by Crippen LogP contribution is 2.40. The molecule has 2 saturated heterocycles. The Kier molecular flexibility index (Phi) is 6.78. The van der Waals surface area contributed by atoms with Crippen molar-refractivity contribution in [3.05, 3.63) is 30.4 Å². The molecule has 1 aromatic carbocycles. The van der Waals surface area contributed by atoms with Crippen LogP contribution in [0.4, 0.5) is 11.4 Å². The summed E-state index contributed by atoms with van der Waals surface area (Å²) < 4.78 is 31.6. The van der Waals surface area contributed by atoms with Crippen LogP contribution in [-0.4, -0.2) is 90.8 Å². The minimum Gasteiger partial charge on any atom is -0.394 e. The second kappa shape index (κ2) is 9.55. The van der Waals surface area contributed by atoms with Gasteiger partial charge in [-0.1, -0.05) is 11.3 Å². The van der Waals surface area contributed by atoms with Gasteiger partial charge in [0.25, 0.3) is 0 Å². The maximum absolute atomic E-state index is 13.5. The van der Waals surface area contributed by atoms with Gasteiger partial charge < -0.3 is 20.2 Å². The molecule has 3 aliphatic heterocycles. The van der Waals surface area contributed by atoms with Crippen LogP contribution >= 0.6 is 0 Å². The van der Waals surface area contributed by atoms with Crippen molar-refractivity contribution in [1.29, 1.82) is 0 Å². The van der Waals surface area contributed by atoms with E-state index in [0.717, 1.165) is 37.2 Å². The molecule has 3 fully saturated rings. The van der Waals surface area contributed by atoms with Gasteiger partial charge in [0.1, 0.15) is 6.21 Å². The van der Waals surface area contributed by atoms with Crippen LogP contribution in [0.2, 0.25) is 0 Å². The Balaban J connectivity index is 1.55. The van der Waals surface area contributed by atoms with Crippen molar-refractivity contribution in [2.24, 2.45) is 11.0 Å². The van der Waals surface area contributed by atoms with E-state index in [2.05, 4.69) is 47.4 Å². The highest BCUT2D eigenvalue weighted by molar-refractivity contribution is 7.89. The molecule has 4 aliphatic rings. The number of nitrogens with one attached hydrogen (secondary N) is 2. The number of anilines is 1. The predicted molar refractivity (Wildman–Crippen MR) is 148 cm³/mol. The average molecular weight is 544 g/mol. The monoisotopic (exact) mass is 543 g/mol. The standard InChI is InChI=1S/C27H39N6O4S/c1-6-25(35)32-14-19(9-20(32)16-34)15-33-24-11-21(38(36,37)30-27(5)7-8-27)10-23(22(24)12-28-33)31-13-18(2)29-26(3,4)17-31/h6,10-12,15,18-20,29-30,34H,1,7-9,13-14,16-17H2,2-5H3/q+1/b33-15-/t18-,19?,20-/m0/s1. The van der Waals surface area contributed by atoms with Crippen molar-refractivity contribution in [2.45, 2.75) is 75.0 Å². The number of likely N-dealkylation sites (tertiary alicyclic amines) is 1. The molecule has 5 rings (SSSR count). The largest absolute Gasteiger partial charge is 0.394 e. The topological polar surface area (TPSA) is 117 Å². The van der Waals surface area contributed by atoms with Gasteiger partial charge in [-0.25, -0.2) is 13.1 Å². The lowest BCUT2D eigenvalue weighted by Gasteiger charge is -2.44. The van der Waals surface area contributed by atoms with Crippen molar-refractivity contribution in [2.75, 3.05) is 31.1 Å². The molecule has 206 valence electrons. The van der Waals surface area contributed by atoms with Crippen LogP contribution in [0.1, 0.15) is 52.5 Å². The first-order valence-corrected chi connectivity index (χ1v) is 14.8. The predicted octanol–water partition coefficient (Wildman–Crippen LogP) is 1.55. The first kappa shape index (κ1) is 27.0. The molecule has 10 nitrogen and oxygen atoms in total. The molecular weight excluding hydrogens is 504 g/mol. The first-order chi connectivity index (χ1) is 17.8. The van der Waals surface area contributed by atoms with Gasteiger partial charge in [-0.15, -0.1) is 0 Å². The number of aliphatic hydroxyl groups excluding tert-OH is 1. The minimum absolute atomic E-state index is 0.0514. The summed E-state index contributed by atoms with van der Waals surface area (Å²) in [5.41, 5.74) is 1.87. The molecule has 1 amide bonds. The summed E-state index contributed by atoms with van der Waals surface area (Å²) in [6.45, 7) is 13.7. The van der Waals surface area contributed by atoms with Gasteiger partial charge in [-0.3, -0.25) is 4.79 Å². The molecule has 38 heavy (non-hydrogen) atoms. The second-order valence-electron chi connectivity index (χ2n) is 12.1. The Labute approximate surface area is 225 Å². The Hall–Kier alpha value is -2.60. The Bertz CT molecular complexity index is 1320. The summed E-state index contributed by atoms with van der Waals surface area (Å²) in [6, 6.07) is 3.40. The lowest BCUT2D eigenvalue weighted by Crippen LogP contribution is -2.61. The number of benzene rings is 1. The van der Waals surface area contributed by atoms with Crippen LogP contribution in [0.5, 0.6) is 0 Å². The van der Waals surface area contributed by atoms with E-state index in [9.17, 15) is 18.3 Å². The van der Waals surface area contributed by atoms with E-state index in [1.807, 2.05) is 13.1 Å². The highest BCUT2D eigenvalue weighted by Gasteiger charge is 2.43. The van der Waals surface area contributed by atoms with E-state index in [4.69, 9.17) is 0 Å². The maximum atomic E-state index is 13.5. The van der Waals surface area contributed by atoms with Crippen LogP contribution in [0, 0.1) is 5.92 Å². The third-order valence-electron chi connectivity index (χ3n) is 7.88. The van der Waals surface area contributed by atoms with Crippen LogP contribution < -0.4 is 14.9 Å². The van der Waals surface area contributed by atoms with Gasteiger partial charge in [0.2, 0.25) is 21.6 Å². The Morgan fingerprint density at radius 3 is 2.68 bits per heavy atom. The van der Waals surface area contributed by atoms with Gasteiger partial charge in [-0.05, 0) is 64.2 Å². The number of hydrazone groups is 1. The second-order valence-corrected chi connectivity index (χ2v) is 13.8. The molecule has 0 spiro atoms. The summed E-state index contributed by atoms with van der Waals surface area (Å²) in [7, 11) is -3.75. The fourth-order valence-corrected chi connectivity index (χ4v) is 7.45. The molecular formula is C27H39N6O4S+. The maximum Gasteiger partial charge on any atom is 0.250 e. The number of carbonyl (C=O) groups excluding carboxylic acids is 1. The Morgan fingerprint density at radius 2 is 2.05 bits per heavy atom. The van der Waals surface area contributed by atoms with E-state index >= 15 is 0 Å². The van der Waals surface area contributed by atoms with Crippen molar-refractivity contribution >= 4 is 39.7 Å². The lowest BCUT2D eigenvalue weighted by atomic mass is 9.97. The quantitative estimate of drug-likeness (QED) is 0.355. The first-order valence-electron chi connectivity index (χ1n) is 13.3. The molecule has 11 heteroatoms. The third kappa shape index (κ3) is 5.29. The summed E-state index contributed by atoms with van der Waals surface area (Å²) in [4.78, 5) is 16.4. The van der Waals surface area contributed by atoms with Crippen LogP contribution in [0.25, 0.3) is 0 Å². The van der Waals surface area contributed by atoms with Crippen molar-refractivity contribution < 1.29 is 23.0 Å². The smallest absolute Gasteiger partial charge is 0.250 e. The summed E-state index contributed by atoms with van der Waals surface area (Å²) >= 11 is 0. The van der Waals surface area contributed by atoms with Gasteiger partial charge in [-0.2, -0.15) is 0 Å². The number of sulfonamides is 1. The minimum atomic E-state index is -3.75. The number of carbonyl (C=O) groups is 1. The molecule has 0 bridgehead atoms. The van der Waals surface area contributed by atoms with E-state index in [0.29, 0.717) is 18.7 Å². The number of amides is 1. The summed E-state index contributed by atoms with van der Waals surface area (Å²) in [6.07, 6.45) is 7.22. The fraction of sp³-hybridized carbons (Fsp3) is 0.593. The van der Waals surface area contributed by atoms with Crippen LogP contribution in [0.15, 0.2) is 34.8 Å². The molecule has 1 aromatic rings. The molecule has 1 aliphatic carbocycles. The van der Waals surface area contributed by atoms with E-state index in [1.165, 1.54) is 6.08 Å². The zero-order valence-electron chi connectivity index (χ0n) is 22.6. The molecule has 1 unspecified atom stereocenters. The zero-order chi connectivity index (χ0) is 27.5. The third-order valence-corrected chi connectivity index (χ3v) is 9.50. The number of hydrogen-bond acceptors (Lipinski definition) is 7. The van der Waals surface area contributed by atoms with Gasteiger partial charge in [0.05, 0.1) is 34.7 Å². The fourth-order valence-electron chi connectivity index (χ4n) is 5.95. The number of rotatable bonds is 7. The zero-order valence-corrected chi connectivity index (χ0v) is 23.5. The number of fused-ring (bicyclic) bond motifs is 1. The van der Waals surface area contributed by atoms with Crippen molar-refractivity contribution in [3.63, 3.8) is 0 Å². The molecule has 1 saturated carbocycles. The molecule has 3 N–H and O–H groups in total. The normalized spacial score (nSPS) is 28.6. The molecule has 0 aromatic heterocycles. The summed E-state index contributed by atoms with van der Waals surface area (Å²) in [5.74, 6) is -0.263. The van der Waals surface area contributed by atoms with E-state index < -0.39 is 15.6 Å². The van der Waals surface area contributed by atoms with Gasteiger partial charge in [0.15, 0.2) is 6.21 Å². The Morgan fingerprint density at radius 1 is 1.32 bits per heavy atom. The van der Waals surface area contributed by atoms with E-state index in [1.54, 1.807) is 27.9 Å². The number of aliphatic hydroxyl groups is 1. The molecule has 3 atom stereocenters. The summed E-state index contributed by atoms with van der Waals surface area (Å²) in [5, 5.41) is 18.1. The molecule has 0 radical (unpaired) electrons. The van der Waals surface area contributed by atoms with Gasteiger partial charge >= 0.3 is 0 Å². The van der Waals surface area contributed by atoms with Crippen LogP contribution in [0.3, 0.4) is 0 Å². The number of hydrogen-bond donors (Lipinski definition) is 3. The molecule has 3 heterocycles. The van der Waals surface area contributed by atoms with Crippen molar-refractivity contribution in [3.8, 4) is 0 Å². The van der Waals surface area contributed by atoms with Crippen LogP contribution in [-0.2, 0) is 14.8 Å². The SMILES string of the molecule is C=CC(=O)N1CC(/C=[N+]2\N=Cc3c(N4C[C@H](C)NC(C)(C)C4)cc(S(=O)(=O)NC4(C)CC4)cc32)C[C@H]1CO. The number of nitrogens with zero attached hydrogens (tertiary/aromatic N) is 4.